The van der Waals surface area contributed by atoms with Crippen LogP contribution in [0.1, 0.15) is 24.5 Å². The average Bonchev–Trinajstić information content (AvgIpc) is 3.21. The predicted octanol–water partition coefficient (Wildman–Crippen LogP) is 3.04. The molecular weight excluding hydrogens is 370 g/mol. The topological polar surface area (TPSA) is 53.0 Å². The number of nitrogens with zero attached hydrogens (tertiary/aromatic N) is 4. The average molecular weight is 402 g/mol. The molecular formula is C21H31N5OS. The van der Waals surface area contributed by atoms with Crippen LogP contribution >= 0.6 is 11.3 Å². The van der Waals surface area contributed by atoms with Crippen LogP contribution in [-0.2, 0) is 12.8 Å². The zero-order chi connectivity index (χ0) is 19.8. The fraction of sp³-hybridized carbons (Fsp3) is 0.524. The summed E-state index contributed by atoms with van der Waals surface area (Å²) in [4.78, 5) is 14.3. The van der Waals surface area contributed by atoms with Crippen LogP contribution in [0.25, 0.3) is 0 Å². The monoisotopic (exact) mass is 401 g/mol. The molecule has 7 heteroatoms. The molecule has 2 aromatic rings. The number of aryl methyl sites for hydroxylation is 1. The number of rotatable bonds is 7. The molecule has 6 nitrogen and oxygen atoms in total. The Hall–Kier alpha value is -2.28. The van der Waals surface area contributed by atoms with E-state index < -0.39 is 0 Å². The highest BCUT2D eigenvalue weighted by Gasteiger charge is 2.20. The number of anilines is 1. The molecule has 0 amide bonds. The maximum absolute atomic E-state index is 5.36. The van der Waals surface area contributed by atoms with Gasteiger partial charge in [-0.05, 0) is 25.5 Å². The van der Waals surface area contributed by atoms with Gasteiger partial charge < -0.3 is 19.9 Å². The van der Waals surface area contributed by atoms with Crippen LogP contribution in [0.2, 0.25) is 0 Å². The molecule has 1 saturated heterocycles. The number of nitrogens with one attached hydrogen (secondary N) is 1. The van der Waals surface area contributed by atoms with Gasteiger partial charge in [-0.25, -0.2) is 4.98 Å². The van der Waals surface area contributed by atoms with Crippen LogP contribution in [0.4, 0.5) is 5.69 Å². The Morgan fingerprint density at radius 3 is 2.75 bits per heavy atom. The van der Waals surface area contributed by atoms with Crippen molar-refractivity contribution in [1.29, 1.82) is 0 Å². The van der Waals surface area contributed by atoms with Gasteiger partial charge in [0, 0.05) is 62.8 Å². The highest BCUT2D eigenvalue weighted by Crippen LogP contribution is 2.22. The Labute approximate surface area is 172 Å². The third kappa shape index (κ3) is 5.38. The van der Waals surface area contributed by atoms with Crippen molar-refractivity contribution in [1.82, 2.24) is 15.2 Å². The third-order valence-corrected chi connectivity index (χ3v) is 5.91. The van der Waals surface area contributed by atoms with Gasteiger partial charge in [-0.2, -0.15) is 0 Å². The fourth-order valence-electron chi connectivity index (χ4n) is 3.31. The first kappa shape index (κ1) is 20.5. The molecule has 3 rings (SSSR count). The van der Waals surface area contributed by atoms with Crippen molar-refractivity contribution < 1.29 is 4.74 Å². The number of ether oxygens (including phenoxy) is 1. The lowest BCUT2D eigenvalue weighted by atomic mass is 10.2. The number of aliphatic imine (C=N–C) groups is 1. The summed E-state index contributed by atoms with van der Waals surface area (Å²) in [7, 11) is 1.71. The van der Waals surface area contributed by atoms with E-state index in [1.807, 2.05) is 6.07 Å². The van der Waals surface area contributed by atoms with Gasteiger partial charge in [-0.15, -0.1) is 11.3 Å². The summed E-state index contributed by atoms with van der Waals surface area (Å²) >= 11 is 1.75. The van der Waals surface area contributed by atoms with Gasteiger partial charge >= 0.3 is 0 Å². The Kier molecular flexibility index (Phi) is 7.54. The molecule has 0 unspecified atom stereocenters. The molecule has 0 atom stereocenters. The second-order valence-corrected chi connectivity index (χ2v) is 7.69. The summed E-state index contributed by atoms with van der Waals surface area (Å²) in [5.74, 6) is 1.92. The van der Waals surface area contributed by atoms with Crippen LogP contribution in [-0.4, -0.2) is 62.2 Å². The Morgan fingerprint density at radius 2 is 2.07 bits per heavy atom. The second kappa shape index (κ2) is 10.3. The first-order valence-electron chi connectivity index (χ1n) is 10.1. The van der Waals surface area contributed by atoms with E-state index in [0.717, 1.165) is 69.5 Å². The number of hydrogen-bond acceptors (Lipinski definition) is 5. The van der Waals surface area contributed by atoms with Crippen molar-refractivity contribution in [3.8, 4) is 5.75 Å². The van der Waals surface area contributed by atoms with E-state index in [9.17, 15) is 0 Å². The molecule has 1 fully saturated rings. The lowest BCUT2D eigenvalue weighted by Crippen LogP contribution is -2.52. The number of hydrogen-bond donors (Lipinski definition) is 1. The maximum Gasteiger partial charge on any atom is 0.194 e. The van der Waals surface area contributed by atoms with Gasteiger partial charge in [0.15, 0.2) is 5.96 Å². The number of piperazine rings is 1. The van der Waals surface area contributed by atoms with E-state index in [1.54, 1.807) is 18.4 Å². The van der Waals surface area contributed by atoms with Crippen molar-refractivity contribution in [2.45, 2.75) is 26.7 Å². The summed E-state index contributed by atoms with van der Waals surface area (Å²) in [5, 5.41) is 6.82. The highest BCUT2D eigenvalue weighted by molar-refractivity contribution is 7.09. The quantitative estimate of drug-likeness (QED) is 0.571. The number of guanidine groups is 1. The van der Waals surface area contributed by atoms with Crippen LogP contribution in [0, 0.1) is 0 Å². The Morgan fingerprint density at radius 1 is 1.25 bits per heavy atom. The molecule has 1 aliphatic heterocycles. The molecule has 0 spiro atoms. The minimum atomic E-state index is 0.769. The van der Waals surface area contributed by atoms with Crippen molar-refractivity contribution >= 4 is 23.0 Å². The molecule has 28 heavy (non-hydrogen) atoms. The van der Waals surface area contributed by atoms with Gasteiger partial charge in [-0.1, -0.05) is 13.0 Å². The van der Waals surface area contributed by atoms with Gasteiger partial charge in [-0.3, -0.25) is 4.99 Å². The minimum Gasteiger partial charge on any atom is -0.497 e. The molecule has 2 heterocycles. The molecule has 0 radical (unpaired) electrons. The second-order valence-electron chi connectivity index (χ2n) is 6.75. The maximum atomic E-state index is 5.36. The van der Waals surface area contributed by atoms with E-state index in [1.165, 1.54) is 10.7 Å². The SMILES string of the molecule is CCNC(=NCCc1csc(CC)n1)N1CCN(c2cccc(OC)c2)CC1. The number of methoxy groups -OCH3 is 1. The number of benzene rings is 1. The Balaban J connectivity index is 1.55. The van der Waals surface area contributed by atoms with Crippen molar-refractivity contribution in [2.24, 2.45) is 4.99 Å². The molecule has 0 bridgehead atoms. The van der Waals surface area contributed by atoms with E-state index in [-0.39, 0.29) is 0 Å². The van der Waals surface area contributed by atoms with Gasteiger partial charge in [0.05, 0.1) is 17.8 Å². The molecule has 1 N–H and O–H groups in total. The molecule has 1 aliphatic rings. The lowest BCUT2D eigenvalue weighted by molar-refractivity contribution is 0.372. The van der Waals surface area contributed by atoms with Gasteiger partial charge in [0.1, 0.15) is 5.75 Å². The molecule has 1 aromatic carbocycles. The number of aromatic nitrogens is 1. The zero-order valence-electron chi connectivity index (χ0n) is 17.1. The van der Waals surface area contributed by atoms with Crippen molar-refractivity contribution in [3.05, 3.63) is 40.3 Å². The third-order valence-electron chi connectivity index (χ3n) is 4.86. The molecule has 0 saturated carbocycles. The fourth-order valence-corrected chi connectivity index (χ4v) is 4.09. The largest absolute Gasteiger partial charge is 0.497 e. The summed E-state index contributed by atoms with van der Waals surface area (Å²) in [6, 6.07) is 8.29. The molecule has 152 valence electrons. The zero-order valence-corrected chi connectivity index (χ0v) is 18.0. The highest BCUT2D eigenvalue weighted by atomic mass is 32.1. The van der Waals surface area contributed by atoms with E-state index >= 15 is 0 Å². The first-order chi connectivity index (χ1) is 13.7. The van der Waals surface area contributed by atoms with Crippen LogP contribution < -0.4 is 15.0 Å². The van der Waals surface area contributed by atoms with E-state index in [2.05, 4.69) is 57.5 Å². The van der Waals surface area contributed by atoms with Crippen LogP contribution in [0.3, 0.4) is 0 Å². The van der Waals surface area contributed by atoms with Crippen LogP contribution in [0.5, 0.6) is 5.75 Å². The van der Waals surface area contributed by atoms with Crippen LogP contribution in [0.15, 0.2) is 34.6 Å². The normalized spacial score (nSPS) is 15.0. The lowest BCUT2D eigenvalue weighted by Gasteiger charge is -2.37. The number of thiazole rings is 1. The predicted molar refractivity (Wildman–Crippen MR) is 118 cm³/mol. The summed E-state index contributed by atoms with van der Waals surface area (Å²) in [6.45, 7) is 9.79. The molecule has 0 aliphatic carbocycles. The van der Waals surface area contributed by atoms with Gasteiger partial charge in [0.25, 0.3) is 0 Å². The smallest absolute Gasteiger partial charge is 0.194 e. The Bertz CT molecular complexity index is 768. The van der Waals surface area contributed by atoms with Crippen molar-refractivity contribution in [2.75, 3.05) is 51.3 Å². The molecule has 1 aromatic heterocycles. The van der Waals surface area contributed by atoms with E-state index in [0.29, 0.717) is 0 Å². The van der Waals surface area contributed by atoms with Crippen molar-refractivity contribution in [3.63, 3.8) is 0 Å². The summed E-state index contributed by atoms with van der Waals surface area (Å²) in [5.41, 5.74) is 2.38. The van der Waals surface area contributed by atoms with E-state index in [4.69, 9.17) is 9.73 Å². The first-order valence-corrected chi connectivity index (χ1v) is 11.0. The van der Waals surface area contributed by atoms with Gasteiger partial charge in [0.2, 0.25) is 0 Å². The standard InChI is InChI=1S/C21H31N5OS/c1-4-20-24-17(16-28-20)9-10-23-21(22-5-2)26-13-11-25(12-14-26)18-7-6-8-19(15-18)27-3/h6-8,15-16H,4-5,9-14H2,1-3H3,(H,22,23). The summed E-state index contributed by atoms with van der Waals surface area (Å²) in [6.07, 6.45) is 1.91. The summed E-state index contributed by atoms with van der Waals surface area (Å²) < 4.78 is 5.36. The minimum absolute atomic E-state index is 0.769.